The Morgan fingerprint density at radius 1 is 1.30 bits per heavy atom. The van der Waals surface area contributed by atoms with Crippen LogP contribution in [0, 0.1) is 5.41 Å². The van der Waals surface area contributed by atoms with Crippen LogP contribution in [0.2, 0.25) is 0 Å². The lowest BCUT2D eigenvalue weighted by atomic mass is 10.1. The molecule has 0 saturated heterocycles. The van der Waals surface area contributed by atoms with Crippen molar-refractivity contribution in [2.75, 3.05) is 12.4 Å². The summed E-state index contributed by atoms with van der Waals surface area (Å²) in [6.07, 6.45) is 0.427. The van der Waals surface area contributed by atoms with Crippen LogP contribution in [0.4, 0.5) is 10.5 Å². The molecule has 20 heavy (non-hydrogen) atoms. The van der Waals surface area contributed by atoms with Crippen molar-refractivity contribution in [2.45, 2.75) is 26.4 Å². The zero-order chi connectivity index (χ0) is 15.3. The third kappa shape index (κ3) is 4.38. The average Bonchev–Trinajstić information content (AvgIpc) is 2.35. The first-order valence-corrected chi connectivity index (χ1v) is 5.99. The number of benzene rings is 1. The molecule has 0 fully saturated rings. The van der Waals surface area contributed by atoms with Crippen LogP contribution < -0.4 is 5.32 Å². The first-order valence-electron chi connectivity index (χ1n) is 5.99. The van der Waals surface area contributed by atoms with E-state index in [4.69, 9.17) is 10.1 Å². The topological polar surface area (TPSA) is 88.5 Å². The third-order valence-electron chi connectivity index (χ3n) is 2.27. The number of nitrogens with one attached hydrogen (secondary N) is 2. The molecule has 0 bridgehead atoms. The lowest BCUT2D eigenvalue weighted by molar-refractivity contribution is 0.0596. The molecule has 0 aliphatic carbocycles. The molecule has 0 spiro atoms. The smallest absolute Gasteiger partial charge is 0.412 e. The molecule has 0 aliphatic rings. The van der Waals surface area contributed by atoms with Gasteiger partial charge in [0, 0.05) is 11.8 Å². The van der Waals surface area contributed by atoms with Crippen molar-refractivity contribution in [3.05, 3.63) is 29.3 Å². The Balaban J connectivity index is 3.00. The zero-order valence-corrected chi connectivity index (χ0v) is 11.9. The van der Waals surface area contributed by atoms with Crippen molar-refractivity contribution < 1.29 is 19.1 Å². The van der Waals surface area contributed by atoms with Crippen LogP contribution in [-0.2, 0) is 9.47 Å². The Bertz CT molecular complexity index is 532. The summed E-state index contributed by atoms with van der Waals surface area (Å²) in [7, 11) is 1.27. The van der Waals surface area contributed by atoms with Gasteiger partial charge in [-0.2, -0.15) is 0 Å². The van der Waals surface area contributed by atoms with E-state index < -0.39 is 17.7 Å². The van der Waals surface area contributed by atoms with Gasteiger partial charge in [0.1, 0.15) is 5.60 Å². The summed E-state index contributed by atoms with van der Waals surface area (Å²) in [6.45, 7) is 5.24. The number of anilines is 1. The Morgan fingerprint density at radius 3 is 2.45 bits per heavy atom. The molecular weight excluding hydrogens is 260 g/mol. The van der Waals surface area contributed by atoms with Gasteiger partial charge < -0.3 is 14.9 Å². The highest BCUT2D eigenvalue weighted by Gasteiger charge is 2.18. The molecule has 0 heterocycles. The van der Waals surface area contributed by atoms with Gasteiger partial charge in [-0.1, -0.05) is 6.07 Å². The minimum atomic E-state index is -0.650. The van der Waals surface area contributed by atoms with Crippen LogP contribution in [0.25, 0.3) is 0 Å². The summed E-state index contributed by atoms with van der Waals surface area (Å²) in [5.74, 6) is -0.520. The molecule has 0 aliphatic heterocycles. The van der Waals surface area contributed by atoms with E-state index in [1.54, 1.807) is 26.8 Å². The molecule has 6 heteroatoms. The number of hydrogen-bond acceptors (Lipinski definition) is 5. The highest BCUT2D eigenvalue weighted by Crippen LogP contribution is 2.18. The molecule has 0 saturated carbocycles. The molecule has 1 aromatic rings. The molecule has 0 atom stereocenters. The first-order chi connectivity index (χ1) is 9.26. The van der Waals surface area contributed by atoms with Crippen molar-refractivity contribution in [1.82, 2.24) is 0 Å². The van der Waals surface area contributed by atoms with Crippen LogP contribution in [0.15, 0.2) is 18.2 Å². The van der Waals surface area contributed by atoms with Crippen LogP contribution in [-0.4, -0.2) is 31.0 Å². The van der Waals surface area contributed by atoms with Gasteiger partial charge in [-0.25, -0.2) is 9.59 Å². The maximum Gasteiger partial charge on any atom is 0.412 e. The summed E-state index contributed by atoms with van der Waals surface area (Å²) < 4.78 is 9.74. The predicted molar refractivity (Wildman–Crippen MR) is 75.5 cm³/mol. The number of amides is 1. The molecule has 1 amide bonds. The molecule has 1 aromatic carbocycles. The van der Waals surface area contributed by atoms with E-state index >= 15 is 0 Å². The molecule has 108 valence electrons. The molecular formula is C14H18N2O4. The molecule has 0 radical (unpaired) electrons. The fourth-order valence-corrected chi connectivity index (χ4v) is 1.45. The van der Waals surface area contributed by atoms with Gasteiger partial charge >= 0.3 is 12.1 Å². The van der Waals surface area contributed by atoms with Gasteiger partial charge in [0.15, 0.2) is 0 Å². The van der Waals surface area contributed by atoms with Crippen LogP contribution in [0.1, 0.15) is 36.7 Å². The second kappa shape index (κ2) is 6.18. The first kappa shape index (κ1) is 15.7. The van der Waals surface area contributed by atoms with E-state index in [0.29, 0.717) is 11.3 Å². The van der Waals surface area contributed by atoms with Gasteiger partial charge in [-0.15, -0.1) is 0 Å². The summed E-state index contributed by atoms with van der Waals surface area (Å²) in [6, 6.07) is 4.51. The monoisotopic (exact) mass is 278 g/mol. The van der Waals surface area contributed by atoms with E-state index in [1.807, 2.05) is 0 Å². The average molecular weight is 278 g/mol. The molecule has 1 rings (SSSR count). The van der Waals surface area contributed by atoms with Crippen molar-refractivity contribution in [3.8, 4) is 0 Å². The fourth-order valence-electron chi connectivity index (χ4n) is 1.45. The van der Waals surface area contributed by atoms with Gasteiger partial charge in [0.2, 0.25) is 0 Å². The van der Waals surface area contributed by atoms with Gasteiger partial charge in [-0.3, -0.25) is 5.32 Å². The minimum Gasteiger partial charge on any atom is -0.465 e. The summed E-state index contributed by atoms with van der Waals surface area (Å²) >= 11 is 0. The number of esters is 1. The predicted octanol–water partition coefficient (Wildman–Crippen LogP) is 2.82. The Morgan fingerprint density at radius 2 is 1.95 bits per heavy atom. The number of hydrogen-bond donors (Lipinski definition) is 2. The van der Waals surface area contributed by atoms with E-state index in [-0.39, 0.29) is 5.56 Å². The maximum absolute atomic E-state index is 11.7. The standard InChI is InChI=1S/C14H18N2O4/c1-14(2,3)20-13(18)16-11-7-9(12(17)19-4)5-6-10(11)8-15/h5-8,15H,1-4H3,(H,16,18). The third-order valence-corrected chi connectivity index (χ3v) is 2.27. The molecule has 6 nitrogen and oxygen atoms in total. The lowest BCUT2D eigenvalue weighted by Gasteiger charge is -2.20. The molecule has 2 N–H and O–H groups in total. The van der Waals surface area contributed by atoms with Gasteiger partial charge in [0.05, 0.1) is 18.4 Å². The van der Waals surface area contributed by atoms with E-state index in [1.165, 1.54) is 19.2 Å². The Labute approximate surface area is 117 Å². The highest BCUT2D eigenvalue weighted by molar-refractivity contribution is 5.98. The lowest BCUT2D eigenvalue weighted by Crippen LogP contribution is -2.27. The maximum atomic E-state index is 11.7. The fraction of sp³-hybridized carbons (Fsp3) is 0.357. The zero-order valence-electron chi connectivity index (χ0n) is 11.9. The van der Waals surface area contributed by atoms with E-state index in [2.05, 4.69) is 10.1 Å². The number of carbonyl (C=O) groups excluding carboxylic acids is 2. The van der Waals surface area contributed by atoms with Crippen molar-refractivity contribution >= 4 is 24.0 Å². The Kier molecular flexibility index (Phi) is 4.85. The molecule has 0 unspecified atom stereocenters. The number of methoxy groups -OCH3 is 1. The SMILES string of the molecule is COC(=O)c1ccc(C=N)c(NC(=O)OC(C)(C)C)c1. The minimum absolute atomic E-state index is 0.282. The largest absolute Gasteiger partial charge is 0.465 e. The van der Waals surface area contributed by atoms with E-state index in [9.17, 15) is 9.59 Å². The number of ether oxygens (including phenoxy) is 2. The van der Waals surface area contributed by atoms with Crippen molar-refractivity contribution in [2.24, 2.45) is 0 Å². The normalized spacial score (nSPS) is 10.6. The second-order valence-corrected chi connectivity index (χ2v) is 5.06. The van der Waals surface area contributed by atoms with Crippen molar-refractivity contribution in [3.63, 3.8) is 0 Å². The number of carbonyl (C=O) groups is 2. The summed E-state index contributed by atoms with van der Waals surface area (Å²) in [4.78, 5) is 23.2. The van der Waals surface area contributed by atoms with Crippen molar-refractivity contribution in [1.29, 1.82) is 5.41 Å². The second-order valence-electron chi connectivity index (χ2n) is 5.06. The van der Waals surface area contributed by atoms with Crippen LogP contribution in [0.3, 0.4) is 0 Å². The van der Waals surface area contributed by atoms with E-state index in [0.717, 1.165) is 6.21 Å². The quantitative estimate of drug-likeness (QED) is 0.657. The number of rotatable bonds is 3. The summed E-state index contributed by atoms with van der Waals surface area (Å²) in [5.41, 5.74) is 0.430. The van der Waals surface area contributed by atoms with Crippen LogP contribution >= 0.6 is 0 Å². The van der Waals surface area contributed by atoms with Gasteiger partial charge in [-0.05, 0) is 32.9 Å². The van der Waals surface area contributed by atoms with Crippen LogP contribution in [0.5, 0.6) is 0 Å². The van der Waals surface area contributed by atoms with Gasteiger partial charge in [0.25, 0.3) is 0 Å². The highest BCUT2D eigenvalue weighted by atomic mass is 16.6. The Hall–Kier alpha value is -2.37. The molecule has 0 aromatic heterocycles. The summed E-state index contributed by atoms with van der Waals surface area (Å²) in [5, 5.41) is 9.82.